The minimum atomic E-state index is -0.414. The largest absolute Gasteiger partial charge is 0.468 e. The number of fused-ring (bicyclic) bond motifs is 1. The molecule has 0 aliphatic heterocycles. The molecule has 0 atom stereocenters. The first kappa shape index (κ1) is 12.9. The SMILES string of the molecule is COC(=O)Cn1nnnc1Sc1ncnc2sccc12. The molecule has 0 fully saturated rings. The molecule has 0 aliphatic rings. The molecule has 0 aliphatic carbocycles. The lowest BCUT2D eigenvalue weighted by molar-refractivity contribution is -0.141. The lowest BCUT2D eigenvalue weighted by Gasteiger charge is -2.03. The van der Waals surface area contributed by atoms with E-state index >= 15 is 0 Å². The van der Waals surface area contributed by atoms with Crippen molar-refractivity contribution in [1.82, 2.24) is 30.2 Å². The number of rotatable bonds is 4. The molecule has 0 spiro atoms. The Balaban J connectivity index is 1.90. The van der Waals surface area contributed by atoms with Crippen molar-refractivity contribution in [3.63, 3.8) is 0 Å². The van der Waals surface area contributed by atoms with Crippen LogP contribution in [0.15, 0.2) is 28.0 Å². The molecule has 3 aromatic rings. The molecule has 0 saturated heterocycles. The maximum Gasteiger partial charge on any atom is 0.327 e. The highest BCUT2D eigenvalue weighted by Gasteiger charge is 2.14. The lowest BCUT2D eigenvalue weighted by Crippen LogP contribution is -2.13. The Morgan fingerprint density at radius 1 is 1.50 bits per heavy atom. The molecule has 0 aromatic carbocycles. The Bertz CT molecular complexity index is 755. The van der Waals surface area contributed by atoms with Crippen molar-refractivity contribution in [2.24, 2.45) is 0 Å². The fraction of sp³-hybridized carbons (Fsp3) is 0.200. The van der Waals surface area contributed by atoms with E-state index in [2.05, 4.69) is 30.2 Å². The van der Waals surface area contributed by atoms with E-state index in [9.17, 15) is 4.79 Å². The molecular formula is C10H8N6O2S2. The number of carbonyl (C=O) groups is 1. The fourth-order valence-corrected chi connectivity index (χ4v) is 3.12. The van der Waals surface area contributed by atoms with E-state index in [0.717, 1.165) is 15.2 Å². The summed E-state index contributed by atoms with van der Waals surface area (Å²) < 4.78 is 5.97. The monoisotopic (exact) mass is 308 g/mol. The number of nitrogens with zero attached hydrogens (tertiary/aromatic N) is 6. The summed E-state index contributed by atoms with van der Waals surface area (Å²) in [5, 5.41) is 15.3. The van der Waals surface area contributed by atoms with Gasteiger partial charge in [-0.05, 0) is 33.6 Å². The molecule has 0 radical (unpaired) electrons. The van der Waals surface area contributed by atoms with Gasteiger partial charge in [0.15, 0.2) is 0 Å². The zero-order valence-electron chi connectivity index (χ0n) is 10.3. The van der Waals surface area contributed by atoms with E-state index in [1.165, 1.54) is 41.2 Å². The Morgan fingerprint density at radius 2 is 2.40 bits per heavy atom. The van der Waals surface area contributed by atoms with Crippen LogP contribution < -0.4 is 0 Å². The van der Waals surface area contributed by atoms with Gasteiger partial charge in [-0.2, -0.15) is 0 Å². The normalized spacial score (nSPS) is 10.8. The number of carbonyl (C=O) groups excluding carboxylic acids is 1. The van der Waals surface area contributed by atoms with E-state index in [1.807, 2.05) is 11.4 Å². The van der Waals surface area contributed by atoms with Crippen LogP contribution in [0.1, 0.15) is 0 Å². The Kier molecular flexibility index (Phi) is 3.56. The van der Waals surface area contributed by atoms with Crippen molar-refractivity contribution >= 4 is 39.3 Å². The fourth-order valence-electron chi connectivity index (χ4n) is 1.49. The molecule has 3 rings (SSSR count). The molecule has 0 unspecified atom stereocenters. The van der Waals surface area contributed by atoms with Gasteiger partial charge in [-0.15, -0.1) is 16.4 Å². The molecule has 20 heavy (non-hydrogen) atoms. The zero-order valence-corrected chi connectivity index (χ0v) is 11.9. The van der Waals surface area contributed by atoms with Crippen LogP contribution >= 0.6 is 23.1 Å². The van der Waals surface area contributed by atoms with Crippen molar-refractivity contribution in [2.45, 2.75) is 16.7 Å². The summed E-state index contributed by atoms with van der Waals surface area (Å²) >= 11 is 2.82. The van der Waals surface area contributed by atoms with Crippen LogP contribution in [0.4, 0.5) is 0 Å². The summed E-state index contributed by atoms with van der Waals surface area (Å²) in [4.78, 5) is 20.6. The highest BCUT2D eigenvalue weighted by Crippen LogP contribution is 2.31. The average Bonchev–Trinajstić information content (AvgIpc) is 3.09. The molecule has 0 saturated carbocycles. The van der Waals surface area contributed by atoms with E-state index in [-0.39, 0.29) is 6.54 Å². The number of esters is 1. The van der Waals surface area contributed by atoms with Gasteiger partial charge < -0.3 is 4.74 Å². The molecule has 3 aromatic heterocycles. The summed E-state index contributed by atoms with van der Waals surface area (Å²) in [6.45, 7) is -0.0380. The van der Waals surface area contributed by atoms with Crippen molar-refractivity contribution in [3.05, 3.63) is 17.8 Å². The van der Waals surface area contributed by atoms with Crippen LogP contribution in [-0.4, -0.2) is 43.3 Å². The molecule has 10 heteroatoms. The number of thiophene rings is 1. The van der Waals surface area contributed by atoms with Crippen LogP contribution in [0.5, 0.6) is 0 Å². The molecule has 0 N–H and O–H groups in total. The first-order chi connectivity index (χ1) is 9.78. The number of hydrogen-bond acceptors (Lipinski definition) is 9. The minimum Gasteiger partial charge on any atom is -0.468 e. The van der Waals surface area contributed by atoms with Crippen LogP contribution in [0.2, 0.25) is 0 Å². The first-order valence-corrected chi connectivity index (χ1v) is 7.16. The highest BCUT2D eigenvalue weighted by molar-refractivity contribution is 7.99. The van der Waals surface area contributed by atoms with Gasteiger partial charge in [0.2, 0.25) is 5.16 Å². The number of tetrazole rings is 1. The topological polar surface area (TPSA) is 95.7 Å². The van der Waals surface area contributed by atoms with E-state index in [1.54, 1.807) is 0 Å². The second kappa shape index (κ2) is 5.51. The van der Waals surface area contributed by atoms with Crippen LogP contribution in [0.3, 0.4) is 0 Å². The van der Waals surface area contributed by atoms with Crippen LogP contribution in [-0.2, 0) is 16.1 Å². The van der Waals surface area contributed by atoms with E-state index < -0.39 is 5.97 Å². The molecule has 3 heterocycles. The van der Waals surface area contributed by atoms with Crippen molar-refractivity contribution in [1.29, 1.82) is 0 Å². The van der Waals surface area contributed by atoms with Gasteiger partial charge in [0.05, 0.1) is 7.11 Å². The van der Waals surface area contributed by atoms with E-state index in [4.69, 9.17) is 0 Å². The van der Waals surface area contributed by atoms with Gasteiger partial charge in [-0.3, -0.25) is 4.79 Å². The van der Waals surface area contributed by atoms with Gasteiger partial charge in [0.1, 0.15) is 22.7 Å². The Morgan fingerprint density at radius 3 is 3.25 bits per heavy atom. The van der Waals surface area contributed by atoms with Gasteiger partial charge in [-0.25, -0.2) is 14.6 Å². The average molecular weight is 308 g/mol. The summed E-state index contributed by atoms with van der Waals surface area (Å²) in [5.41, 5.74) is 0. The molecule has 8 nitrogen and oxygen atoms in total. The third kappa shape index (κ3) is 2.47. The quantitative estimate of drug-likeness (QED) is 0.520. The summed E-state index contributed by atoms with van der Waals surface area (Å²) in [6, 6.07) is 1.94. The van der Waals surface area contributed by atoms with Gasteiger partial charge >= 0.3 is 5.97 Å². The lowest BCUT2D eigenvalue weighted by atomic mass is 10.4. The third-order valence-electron chi connectivity index (χ3n) is 2.42. The standard InChI is InChI=1S/C10H8N6O2S2/c1-18-7(17)4-16-10(13-14-15-16)20-9-6-2-3-19-8(6)11-5-12-9/h2-3,5H,4H2,1H3. The van der Waals surface area contributed by atoms with Crippen molar-refractivity contribution in [2.75, 3.05) is 7.11 Å². The summed E-state index contributed by atoms with van der Waals surface area (Å²) in [7, 11) is 1.32. The summed E-state index contributed by atoms with van der Waals surface area (Å²) in [6.07, 6.45) is 1.50. The Hall–Kier alpha value is -2.07. The van der Waals surface area contributed by atoms with Gasteiger partial charge in [-0.1, -0.05) is 0 Å². The predicted molar refractivity (Wildman–Crippen MR) is 71.4 cm³/mol. The first-order valence-electron chi connectivity index (χ1n) is 5.47. The maximum atomic E-state index is 11.3. The number of aromatic nitrogens is 6. The highest BCUT2D eigenvalue weighted by atomic mass is 32.2. The molecule has 0 bridgehead atoms. The number of ether oxygens (including phenoxy) is 1. The second-order valence-corrected chi connectivity index (χ2v) is 5.47. The smallest absolute Gasteiger partial charge is 0.327 e. The van der Waals surface area contributed by atoms with Crippen molar-refractivity contribution in [3.8, 4) is 0 Å². The van der Waals surface area contributed by atoms with Gasteiger partial charge in [0.25, 0.3) is 0 Å². The Labute approximate surface area is 121 Å². The third-order valence-corrected chi connectivity index (χ3v) is 4.23. The van der Waals surface area contributed by atoms with Crippen LogP contribution in [0, 0.1) is 0 Å². The minimum absolute atomic E-state index is 0.0380. The number of methoxy groups -OCH3 is 1. The van der Waals surface area contributed by atoms with E-state index in [0.29, 0.717) is 5.16 Å². The number of hydrogen-bond donors (Lipinski definition) is 0. The second-order valence-electron chi connectivity index (χ2n) is 3.62. The zero-order chi connectivity index (χ0) is 13.9. The molecular weight excluding hydrogens is 300 g/mol. The van der Waals surface area contributed by atoms with Gasteiger partial charge in [0, 0.05) is 5.39 Å². The van der Waals surface area contributed by atoms with Crippen LogP contribution in [0.25, 0.3) is 10.2 Å². The summed E-state index contributed by atoms with van der Waals surface area (Å²) in [5.74, 6) is -0.414. The van der Waals surface area contributed by atoms with Crippen molar-refractivity contribution < 1.29 is 9.53 Å². The predicted octanol–water partition coefficient (Wildman–Crippen LogP) is 1.00. The maximum absolute atomic E-state index is 11.3. The molecule has 102 valence electrons. The molecule has 0 amide bonds.